The number of nitrogens with one attached hydrogen (secondary N) is 1. The molecule has 2 rings (SSSR count). The van der Waals surface area contributed by atoms with Crippen molar-refractivity contribution < 1.29 is 9.66 Å². The van der Waals surface area contributed by atoms with Crippen molar-refractivity contribution in [3.8, 4) is 5.88 Å². The lowest BCUT2D eigenvalue weighted by atomic mass is 10.2. The van der Waals surface area contributed by atoms with Gasteiger partial charge in [-0.15, -0.1) is 5.10 Å². The van der Waals surface area contributed by atoms with Gasteiger partial charge in [-0.25, -0.2) is 0 Å². The number of benzene rings is 1. The molecule has 0 spiro atoms. The van der Waals surface area contributed by atoms with Gasteiger partial charge in [-0.2, -0.15) is 0 Å². The summed E-state index contributed by atoms with van der Waals surface area (Å²) in [6.45, 7) is 0. The molecule has 0 unspecified atom stereocenters. The molecule has 0 aliphatic heterocycles. The van der Waals surface area contributed by atoms with Crippen LogP contribution in [0.5, 0.6) is 5.88 Å². The molecule has 1 N–H and O–H groups in total. The van der Waals surface area contributed by atoms with Gasteiger partial charge in [0.15, 0.2) is 0 Å². The average Bonchev–Trinajstić information content (AvgIpc) is 2.59. The maximum absolute atomic E-state index is 10.5. The van der Waals surface area contributed by atoms with Crippen LogP contribution in [0.25, 0.3) is 10.9 Å². The van der Waals surface area contributed by atoms with E-state index in [0.717, 1.165) is 0 Å². The minimum atomic E-state index is -0.453. The third-order valence-electron chi connectivity index (χ3n) is 1.92. The molecule has 1 aromatic carbocycles. The number of rotatable bonds is 2. The fourth-order valence-corrected chi connectivity index (χ4v) is 1.25. The summed E-state index contributed by atoms with van der Waals surface area (Å²) in [5.74, 6) is 0.365. The Balaban J connectivity index is 2.67. The highest BCUT2D eigenvalue weighted by Gasteiger charge is 2.11. The molecule has 0 atom stereocenters. The molecule has 0 aliphatic carbocycles. The van der Waals surface area contributed by atoms with Crippen LogP contribution >= 0.6 is 0 Å². The van der Waals surface area contributed by atoms with Gasteiger partial charge in [0.05, 0.1) is 22.9 Å². The summed E-state index contributed by atoms with van der Waals surface area (Å²) in [7, 11) is 1.47. The van der Waals surface area contributed by atoms with Crippen molar-refractivity contribution in [3.63, 3.8) is 0 Å². The van der Waals surface area contributed by atoms with Gasteiger partial charge in [0, 0.05) is 12.1 Å². The molecule has 0 amide bonds. The first-order valence-corrected chi connectivity index (χ1v) is 3.89. The summed E-state index contributed by atoms with van der Waals surface area (Å²) in [6.07, 6.45) is 0. The van der Waals surface area contributed by atoms with E-state index in [0.29, 0.717) is 16.8 Å². The standard InChI is InChI=1S/C8H7N3O3/c1-14-8-6-4-5(11(12)13)2-3-7(6)9-10-8/h2-4H,1H3,(H,9,10). The van der Waals surface area contributed by atoms with E-state index in [2.05, 4.69) is 10.2 Å². The molecule has 1 heterocycles. The van der Waals surface area contributed by atoms with Crippen LogP contribution in [-0.4, -0.2) is 22.2 Å². The number of aromatic amines is 1. The second-order valence-electron chi connectivity index (χ2n) is 2.72. The first-order valence-electron chi connectivity index (χ1n) is 3.89. The Kier molecular flexibility index (Phi) is 1.81. The number of nitrogens with zero attached hydrogens (tertiary/aromatic N) is 2. The molecule has 0 aliphatic rings. The number of nitro benzene ring substituents is 1. The van der Waals surface area contributed by atoms with Crippen molar-refractivity contribution in [2.45, 2.75) is 0 Å². The van der Waals surface area contributed by atoms with Crippen LogP contribution in [0.15, 0.2) is 18.2 Å². The smallest absolute Gasteiger partial charge is 0.270 e. The zero-order chi connectivity index (χ0) is 10.1. The van der Waals surface area contributed by atoms with Crippen LogP contribution < -0.4 is 4.74 Å². The van der Waals surface area contributed by atoms with Crippen molar-refractivity contribution in [2.75, 3.05) is 7.11 Å². The lowest BCUT2D eigenvalue weighted by molar-refractivity contribution is -0.384. The average molecular weight is 193 g/mol. The molecule has 72 valence electrons. The molecule has 14 heavy (non-hydrogen) atoms. The van der Waals surface area contributed by atoms with Gasteiger partial charge >= 0.3 is 0 Å². The van der Waals surface area contributed by atoms with Crippen LogP contribution in [0.3, 0.4) is 0 Å². The molecule has 6 nitrogen and oxygen atoms in total. The Labute approximate surface area is 78.6 Å². The lowest BCUT2D eigenvalue weighted by Gasteiger charge is -1.93. The second-order valence-corrected chi connectivity index (χ2v) is 2.72. The number of hydrogen-bond donors (Lipinski definition) is 1. The lowest BCUT2D eigenvalue weighted by Crippen LogP contribution is -1.87. The zero-order valence-electron chi connectivity index (χ0n) is 7.35. The number of hydrogen-bond acceptors (Lipinski definition) is 4. The topological polar surface area (TPSA) is 81.0 Å². The fourth-order valence-electron chi connectivity index (χ4n) is 1.25. The summed E-state index contributed by atoms with van der Waals surface area (Å²) in [5, 5.41) is 17.7. The molecule has 0 bridgehead atoms. The van der Waals surface area contributed by atoms with E-state index < -0.39 is 4.92 Å². The van der Waals surface area contributed by atoms with E-state index in [1.165, 1.54) is 19.2 Å². The highest BCUT2D eigenvalue weighted by Crippen LogP contribution is 2.26. The van der Waals surface area contributed by atoms with Gasteiger partial charge in [0.1, 0.15) is 0 Å². The van der Waals surface area contributed by atoms with E-state index in [4.69, 9.17) is 4.74 Å². The number of non-ortho nitro benzene ring substituents is 1. The van der Waals surface area contributed by atoms with Gasteiger partial charge in [-0.3, -0.25) is 15.2 Å². The fraction of sp³-hybridized carbons (Fsp3) is 0.125. The van der Waals surface area contributed by atoms with Crippen molar-refractivity contribution in [1.82, 2.24) is 10.2 Å². The van der Waals surface area contributed by atoms with Gasteiger partial charge < -0.3 is 4.74 Å². The Morgan fingerprint density at radius 1 is 1.57 bits per heavy atom. The molecule has 0 saturated carbocycles. The van der Waals surface area contributed by atoms with Crippen molar-refractivity contribution >= 4 is 16.6 Å². The first kappa shape index (κ1) is 8.49. The Morgan fingerprint density at radius 2 is 2.36 bits per heavy atom. The molecule has 1 aromatic heterocycles. The quantitative estimate of drug-likeness (QED) is 0.578. The number of fused-ring (bicyclic) bond motifs is 1. The van der Waals surface area contributed by atoms with E-state index in [1.807, 2.05) is 0 Å². The Morgan fingerprint density at radius 3 is 3.00 bits per heavy atom. The third kappa shape index (κ3) is 1.17. The third-order valence-corrected chi connectivity index (χ3v) is 1.92. The van der Waals surface area contributed by atoms with Crippen molar-refractivity contribution in [2.24, 2.45) is 0 Å². The Bertz CT molecular complexity index is 492. The van der Waals surface area contributed by atoms with Crippen molar-refractivity contribution in [3.05, 3.63) is 28.3 Å². The summed E-state index contributed by atoms with van der Waals surface area (Å²) in [4.78, 5) is 10.0. The molecular weight excluding hydrogens is 186 g/mol. The predicted molar refractivity (Wildman–Crippen MR) is 49.3 cm³/mol. The van der Waals surface area contributed by atoms with Crippen molar-refractivity contribution in [1.29, 1.82) is 0 Å². The second kappa shape index (κ2) is 2.99. The van der Waals surface area contributed by atoms with Gasteiger partial charge in [-0.1, -0.05) is 0 Å². The highest BCUT2D eigenvalue weighted by atomic mass is 16.6. The van der Waals surface area contributed by atoms with Crippen LogP contribution in [0, 0.1) is 10.1 Å². The van der Waals surface area contributed by atoms with Crippen LogP contribution in [-0.2, 0) is 0 Å². The van der Waals surface area contributed by atoms with Crippen LogP contribution in [0.1, 0.15) is 0 Å². The maximum Gasteiger partial charge on any atom is 0.270 e. The summed E-state index contributed by atoms with van der Waals surface area (Å²) >= 11 is 0. The molecule has 6 heteroatoms. The summed E-state index contributed by atoms with van der Waals surface area (Å²) in [6, 6.07) is 4.45. The van der Waals surface area contributed by atoms with Gasteiger partial charge in [0.25, 0.3) is 5.69 Å². The van der Waals surface area contributed by atoms with E-state index in [-0.39, 0.29) is 5.69 Å². The van der Waals surface area contributed by atoms with Gasteiger partial charge in [0.2, 0.25) is 5.88 Å². The Hall–Kier alpha value is -2.11. The minimum Gasteiger partial charge on any atom is -0.479 e. The number of methoxy groups -OCH3 is 1. The zero-order valence-corrected chi connectivity index (χ0v) is 7.35. The normalized spacial score (nSPS) is 10.4. The molecule has 0 fully saturated rings. The van der Waals surface area contributed by atoms with Crippen LogP contribution in [0.4, 0.5) is 5.69 Å². The van der Waals surface area contributed by atoms with Crippen LogP contribution in [0.2, 0.25) is 0 Å². The number of aromatic nitrogens is 2. The minimum absolute atomic E-state index is 0.0252. The molecule has 0 saturated heterocycles. The maximum atomic E-state index is 10.5. The van der Waals surface area contributed by atoms with E-state index >= 15 is 0 Å². The largest absolute Gasteiger partial charge is 0.479 e. The first-order chi connectivity index (χ1) is 6.72. The molecule has 2 aromatic rings. The SMILES string of the molecule is COc1n[nH]c2ccc([N+](=O)[O-])cc12. The monoisotopic (exact) mass is 193 g/mol. The predicted octanol–water partition coefficient (Wildman–Crippen LogP) is 1.48. The number of nitro groups is 1. The van der Waals surface area contributed by atoms with E-state index in [1.54, 1.807) is 6.07 Å². The number of H-pyrrole nitrogens is 1. The molecule has 0 radical (unpaired) electrons. The van der Waals surface area contributed by atoms with E-state index in [9.17, 15) is 10.1 Å². The number of ether oxygens (including phenoxy) is 1. The highest BCUT2D eigenvalue weighted by molar-refractivity contribution is 5.85. The summed E-state index contributed by atoms with van der Waals surface area (Å²) < 4.78 is 4.94. The van der Waals surface area contributed by atoms with Gasteiger partial charge in [-0.05, 0) is 6.07 Å². The summed E-state index contributed by atoms with van der Waals surface area (Å²) in [5.41, 5.74) is 0.740. The molecular formula is C8H7N3O3.